The summed E-state index contributed by atoms with van der Waals surface area (Å²) >= 11 is 1.50. The van der Waals surface area contributed by atoms with Crippen LogP contribution in [-0.4, -0.2) is 41.5 Å². The maximum absolute atomic E-state index is 13.0. The lowest BCUT2D eigenvalue weighted by atomic mass is 9.83. The van der Waals surface area contributed by atoms with Gasteiger partial charge in [0, 0.05) is 29.2 Å². The summed E-state index contributed by atoms with van der Waals surface area (Å²) in [7, 11) is 0. The lowest BCUT2D eigenvalue weighted by Crippen LogP contribution is -2.51. The number of hydrogen-bond donors (Lipinski definition) is 1. The Kier molecular flexibility index (Phi) is 5.83. The van der Waals surface area contributed by atoms with Gasteiger partial charge in [-0.1, -0.05) is 6.42 Å². The van der Waals surface area contributed by atoms with Crippen molar-refractivity contribution in [2.75, 3.05) is 19.6 Å². The first-order valence-corrected chi connectivity index (χ1v) is 10.7. The molecule has 4 rings (SSSR count). The topological polar surface area (TPSA) is 45.2 Å². The molecule has 144 valence electrons. The second-order valence-electron chi connectivity index (χ2n) is 7.62. The summed E-state index contributed by atoms with van der Waals surface area (Å²) in [6.45, 7) is 3.23. The number of hydrogen-bond acceptors (Lipinski definition) is 4. The van der Waals surface area contributed by atoms with Crippen LogP contribution in [0.5, 0.6) is 0 Å². The molecule has 0 radical (unpaired) electrons. The van der Waals surface area contributed by atoms with Gasteiger partial charge >= 0.3 is 0 Å². The molecule has 0 bridgehead atoms. The molecule has 3 heterocycles. The molecule has 0 spiro atoms. The van der Waals surface area contributed by atoms with E-state index in [1.807, 2.05) is 0 Å². The molecular weight excluding hydrogens is 361 g/mol. The second kappa shape index (κ2) is 8.48. The maximum atomic E-state index is 13.0. The summed E-state index contributed by atoms with van der Waals surface area (Å²) in [6, 6.07) is 6.96. The average molecular weight is 388 g/mol. The van der Waals surface area contributed by atoms with Gasteiger partial charge in [-0.05, 0) is 69.0 Å². The zero-order valence-corrected chi connectivity index (χ0v) is 16.3. The lowest BCUT2D eigenvalue weighted by molar-refractivity contribution is -0.120. The summed E-state index contributed by atoms with van der Waals surface area (Å²) in [5.74, 6) is 0.394. The molecule has 1 aromatic heterocycles. The highest BCUT2D eigenvalue weighted by molar-refractivity contribution is 7.15. The number of amides is 1. The highest BCUT2D eigenvalue weighted by Gasteiger charge is 2.32. The lowest BCUT2D eigenvalue weighted by Gasteiger charge is -2.44. The third-order valence-electron chi connectivity index (χ3n) is 5.77. The average Bonchev–Trinajstić information content (AvgIpc) is 3.15. The largest absolute Gasteiger partial charge is 0.355 e. The molecule has 0 aliphatic carbocycles. The summed E-state index contributed by atoms with van der Waals surface area (Å²) in [5.41, 5.74) is 0.882. The van der Waals surface area contributed by atoms with Crippen LogP contribution in [-0.2, 0) is 11.2 Å². The predicted molar refractivity (Wildman–Crippen MR) is 106 cm³/mol. The molecule has 1 N–H and O–H groups in total. The fourth-order valence-electron chi connectivity index (χ4n) is 4.40. The number of rotatable bonds is 5. The molecule has 1 aromatic carbocycles. The van der Waals surface area contributed by atoms with Crippen LogP contribution in [0.4, 0.5) is 4.39 Å². The quantitative estimate of drug-likeness (QED) is 0.847. The molecule has 4 nitrogen and oxygen atoms in total. The number of thiazole rings is 1. The first kappa shape index (κ1) is 18.6. The number of nitrogens with zero attached hydrogens (tertiary/aromatic N) is 2. The number of carbonyl (C=O) groups excluding carboxylic acids is 1. The molecule has 2 saturated heterocycles. The molecule has 2 atom stereocenters. The first-order chi connectivity index (χ1) is 13.2. The smallest absolute Gasteiger partial charge is 0.225 e. The molecule has 0 unspecified atom stereocenters. The van der Waals surface area contributed by atoms with Crippen LogP contribution in [0, 0.1) is 11.7 Å². The highest BCUT2D eigenvalue weighted by Crippen LogP contribution is 2.30. The van der Waals surface area contributed by atoms with Crippen LogP contribution < -0.4 is 5.32 Å². The Bertz CT molecular complexity index is 774. The summed E-state index contributed by atoms with van der Waals surface area (Å²) < 4.78 is 13.0. The molecule has 2 aliphatic heterocycles. The van der Waals surface area contributed by atoms with Gasteiger partial charge in [-0.25, -0.2) is 9.37 Å². The second-order valence-corrected chi connectivity index (χ2v) is 8.74. The van der Waals surface area contributed by atoms with Crippen molar-refractivity contribution in [2.24, 2.45) is 5.92 Å². The van der Waals surface area contributed by atoms with Gasteiger partial charge in [0.25, 0.3) is 0 Å². The van der Waals surface area contributed by atoms with E-state index in [1.165, 1.54) is 68.7 Å². The Hall–Kier alpha value is -1.79. The standard InChI is InChI=1S/C21H26FN3OS/c22-17-8-6-15(7-9-17)21-24-14-18(27-21)12-20(26)23-13-16-4-3-11-25-10-2-1-5-19(16)25/h6-9,14,16,19H,1-5,10-13H2,(H,23,26)/t16-,19-/m0/s1. The van der Waals surface area contributed by atoms with E-state index in [2.05, 4.69) is 15.2 Å². The van der Waals surface area contributed by atoms with Gasteiger partial charge in [0.1, 0.15) is 10.8 Å². The van der Waals surface area contributed by atoms with Gasteiger partial charge < -0.3 is 10.2 Å². The fourth-order valence-corrected chi connectivity index (χ4v) is 5.31. The van der Waals surface area contributed by atoms with Crippen molar-refractivity contribution in [3.8, 4) is 10.6 Å². The van der Waals surface area contributed by atoms with Crippen LogP contribution in [0.1, 0.15) is 37.0 Å². The predicted octanol–water partition coefficient (Wildman–Crippen LogP) is 3.87. The summed E-state index contributed by atoms with van der Waals surface area (Å²) in [5, 5.41) is 3.98. The Morgan fingerprint density at radius 2 is 2.00 bits per heavy atom. The van der Waals surface area contributed by atoms with E-state index in [-0.39, 0.29) is 11.7 Å². The maximum Gasteiger partial charge on any atom is 0.225 e. The van der Waals surface area contributed by atoms with Gasteiger partial charge in [-0.3, -0.25) is 4.79 Å². The zero-order valence-electron chi connectivity index (χ0n) is 15.5. The molecule has 2 aliphatic rings. The minimum Gasteiger partial charge on any atom is -0.355 e. The Morgan fingerprint density at radius 1 is 1.19 bits per heavy atom. The third kappa shape index (κ3) is 4.55. The van der Waals surface area contributed by atoms with E-state index in [1.54, 1.807) is 18.3 Å². The third-order valence-corrected chi connectivity index (χ3v) is 6.82. The van der Waals surface area contributed by atoms with Crippen molar-refractivity contribution in [1.82, 2.24) is 15.2 Å². The van der Waals surface area contributed by atoms with Gasteiger partial charge in [0.15, 0.2) is 0 Å². The van der Waals surface area contributed by atoms with Crippen LogP contribution >= 0.6 is 11.3 Å². The number of carbonyl (C=O) groups is 1. The van der Waals surface area contributed by atoms with E-state index < -0.39 is 0 Å². The molecule has 6 heteroatoms. The number of fused-ring (bicyclic) bond motifs is 1. The Labute approximate surface area is 163 Å². The van der Waals surface area contributed by atoms with E-state index in [4.69, 9.17) is 0 Å². The van der Waals surface area contributed by atoms with Crippen molar-refractivity contribution in [2.45, 2.75) is 44.6 Å². The van der Waals surface area contributed by atoms with Crippen molar-refractivity contribution < 1.29 is 9.18 Å². The van der Waals surface area contributed by atoms with Gasteiger partial charge in [0.2, 0.25) is 5.91 Å². The molecule has 27 heavy (non-hydrogen) atoms. The first-order valence-electron chi connectivity index (χ1n) is 9.90. The van der Waals surface area contributed by atoms with E-state index in [9.17, 15) is 9.18 Å². The van der Waals surface area contributed by atoms with Gasteiger partial charge in [-0.15, -0.1) is 11.3 Å². The number of halogens is 1. The van der Waals surface area contributed by atoms with Crippen LogP contribution in [0.3, 0.4) is 0 Å². The molecular formula is C21H26FN3OS. The van der Waals surface area contributed by atoms with Gasteiger partial charge in [-0.2, -0.15) is 0 Å². The SMILES string of the molecule is O=C(Cc1cnc(-c2ccc(F)cc2)s1)NC[C@@H]1CCCN2CCCC[C@@H]12. The minimum atomic E-state index is -0.255. The van der Waals surface area contributed by atoms with E-state index in [0.717, 1.165) is 22.0 Å². The fraction of sp³-hybridized carbons (Fsp3) is 0.524. The van der Waals surface area contributed by atoms with E-state index >= 15 is 0 Å². The van der Waals surface area contributed by atoms with Gasteiger partial charge in [0.05, 0.1) is 6.42 Å². The molecule has 1 amide bonds. The molecule has 0 saturated carbocycles. The highest BCUT2D eigenvalue weighted by atomic mass is 32.1. The number of aromatic nitrogens is 1. The normalized spacial score (nSPS) is 23.0. The summed E-state index contributed by atoms with van der Waals surface area (Å²) in [4.78, 5) is 20.4. The van der Waals surface area contributed by atoms with Crippen LogP contribution in [0.15, 0.2) is 30.5 Å². The molecule has 2 aromatic rings. The number of benzene rings is 1. The zero-order chi connectivity index (χ0) is 18.6. The Balaban J connectivity index is 1.30. The Morgan fingerprint density at radius 3 is 2.85 bits per heavy atom. The van der Waals surface area contributed by atoms with Crippen molar-refractivity contribution >= 4 is 17.2 Å². The number of piperidine rings is 2. The molecule has 2 fully saturated rings. The van der Waals surface area contributed by atoms with Crippen LogP contribution in [0.25, 0.3) is 10.6 Å². The van der Waals surface area contributed by atoms with Crippen molar-refractivity contribution in [1.29, 1.82) is 0 Å². The van der Waals surface area contributed by atoms with Crippen molar-refractivity contribution in [3.63, 3.8) is 0 Å². The van der Waals surface area contributed by atoms with Crippen molar-refractivity contribution in [3.05, 3.63) is 41.2 Å². The monoisotopic (exact) mass is 387 g/mol. The summed E-state index contributed by atoms with van der Waals surface area (Å²) in [6.07, 6.45) is 8.49. The van der Waals surface area contributed by atoms with Crippen LogP contribution in [0.2, 0.25) is 0 Å². The van der Waals surface area contributed by atoms with E-state index in [0.29, 0.717) is 18.4 Å². The number of nitrogens with one attached hydrogen (secondary N) is 1. The minimum absolute atomic E-state index is 0.0669.